The van der Waals surface area contributed by atoms with E-state index in [1.165, 1.54) is 16.5 Å². The topological polar surface area (TPSA) is 17.0 Å². The van der Waals surface area contributed by atoms with Crippen LogP contribution in [0.5, 0.6) is 0 Å². The second-order valence-corrected chi connectivity index (χ2v) is 5.39. The van der Waals surface area contributed by atoms with Crippen molar-refractivity contribution in [2.45, 2.75) is 32.9 Å². The molecule has 0 bridgehead atoms. The van der Waals surface area contributed by atoms with Crippen molar-refractivity contribution >= 4 is 23.3 Å². The number of aromatic nitrogens is 1. The SMILES string of the molecule is Cl.Cn1cc(CNC(C)(C)C)c2ccccc21. The van der Waals surface area contributed by atoms with Gasteiger partial charge in [-0.05, 0) is 32.4 Å². The summed E-state index contributed by atoms with van der Waals surface area (Å²) in [6.45, 7) is 7.50. The highest BCUT2D eigenvalue weighted by molar-refractivity contribution is 5.85. The summed E-state index contributed by atoms with van der Waals surface area (Å²) in [6.07, 6.45) is 2.21. The average molecular weight is 253 g/mol. The Morgan fingerprint density at radius 2 is 1.82 bits per heavy atom. The summed E-state index contributed by atoms with van der Waals surface area (Å²) in [7, 11) is 2.10. The Morgan fingerprint density at radius 3 is 2.47 bits per heavy atom. The van der Waals surface area contributed by atoms with Crippen LogP contribution in [0.4, 0.5) is 0 Å². The van der Waals surface area contributed by atoms with Gasteiger partial charge in [0.05, 0.1) is 0 Å². The third-order valence-corrected chi connectivity index (χ3v) is 2.79. The van der Waals surface area contributed by atoms with E-state index < -0.39 is 0 Å². The lowest BCUT2D eigenvalue weighted by molar-refractivity contribution is 0.425. The van der Waals surface area contributed by atoms with Gasteiger partial charge in [0.2, 0.25) is 0 Å². The van der Waals surface area contributed by atoms with Crippen molar-refractivity contribution < 1.29 is 0 Å². The molecule has 1 N–H and O–H groups in total. The molecule has 2 rings (SSSR count). The standard InChI is InChI=1S/C14H20N2.ClH/c1-14(2,3)15-9-11-10-16(4)13-8-6-5-7-12(11)13;/h5-8,10,15H,9H2,1-4H3;1H. The molecule has 17 heavy (non-hydrogen) atoms. The number of hydrogen-bond acceptors (Lipinski definition) is 1. The van der Waals surface area contributed by atoms with E-state index in [9.17, 15) is 0 Å². The second-order valence-electron chi connectivity index (χ2n) is 5.39. The number of nitrogens with zero attached hydrogens (tertiary/aromatic N) is 1. The van der Waals surface area contributed by atoms with Gasteiger partial charge in [-0.3, -0.25) is 0 Å². The van der Waals surface area contributed by atoms with E-state index in [0.717, 1.165) is 6.54 Å². The second kappa shape index (κ2) is 5.11. The number of aryl methyl sites for hydroxylation is 1. The van der Waals surface area contributed by atoms with E-state index in [1.54, 1.807) is 0 Å². The first-order chi connectivity index (χ1) is 7.47. The number of halogens is 1. The van der Waals surface area contributed by atoms with Gasteiger partial charge in [0.25, 0.3) is 0 Å². The lowest BCUT2D eigenvalue weighted by atomic mass is 10.1. The van der Waals surface area contributed by atoms with Crippen molar-refractivity contribution in [3.8, 4) is 0 Å². The van der Waals surface area contributed by atoms with E-state index in [4.69, 9.17) is 0 Å². The maximum absolute atomic E-state index is 3.53. The summed E-state index contributed by atoms with van der Waals surface area (Å²) in [5, 5.41) is 4.88. The fourth-order valence-corrected chi connectivity index (χ4v) is 1.93. The molecule has 0 saturated carbocycles. The summed E-state index contributed by atoms with van der Waals surface area (Å²) in [5.41, 5.74) is 2.83. The maximum Gasteiger partial charge on any atom is 0.0481 e. The smallest absolute Gasteiger partial charge is 0.0481 e. The number of nitrogens with one attached hydrogen (secondary N) is 1. The Hall–Kier alpha value is -0.990. The molecule has 3 heteroatoms. The lowest BCUT2D eigenvalue weighted by Gasteiger charge is -2.20. The van der Waals surface area contributed by atoms with Crippen LogP contribution in [0.3, 0.4) is 0 Å². The van der Waals surface area contributed by atoms with Gasteiger partial charge in [-0.15, -0.1) is 12.4 Å². The zero-order valence-electron chi connectivity index (χ0n) is 10.9. The third-order valence-electron chi connectivity index (χ3n) is 2.79. The first-order valence-electron chi connectivity index (χ1n) is 5.75. The molecule has 1 aromatic heterocycles. The van der Waals surface area contributed by atoms with Gasteiger partial charge in [0.1, 0.15) is 0 Å². The summed E-state index contributed by atoms with van der Waals surface area (Å²) < 4.78 is 2.19. The molecule has 2 aromatic rings. The largest absolute Gasteiger partial charge is 0.350 e. The van der Waals surface area contributed by atoms with Gasteiger partial charge in [0, 0.05) is 36.2 Å². The van der Waals surface area contributed by atoms with Gasteiger partial charge in [-0.25, -0.2) is 0 Å². The Kier molecular flexibility index (Phi) is 4.23. The predicted molar refractivity (Wildman–Crippen MR) is 76.8 cm³/mol. The minimum Gasteiger partial charge on any atom is -0.350 e. The molecule has 0 fully saturated rings. The highest BCUT2D eigenvalue weighted by atomic mass is 35.5. The quantitative estimate of drug-likeness (QED) is 0.866. The Morgan fingerprint density at radius 1 is 1.18 bits per heavy atom. The first-order valence-corrected chi connectivity index (χ1v) is 5.75. The molecule has 0 unspecified atom stereocenters. The molecule has 0 radical (unpaired) electrons. The first kappa shape index (κ1) is 14.1. The van der Waals surface area contributed by atoms with Crippen LogP contribution >= 0.6 is 12.4 Å². The van der Waals surface area contributed by atoms with Gasteiger partial charge < -0.3 is 9.88 Å². The summed E-state index contributed by atoms with van der Waals surface area (Å²) in [6, 6.07) is 8.54. The van der Waals surface area contributed by atoms with Crippen LogP contribution in [0.2, 0.25) is 0 Å². The average Bonchev–Trinajstić information content (AvgIpc) is 2.53. The van der Waals surface area contributed by atoms with Crippen LogP contribution in [0.15, 0.2) is 30.5 Å². The van der Waals surface area contributed by atoms with Crippen LogP contribution in [-0.4, -0.2) is 10.1 Å². The number of benzene rings is 1. The molecule has 0 aliphatic carbocycles. The number of fused-ring (bicyclic) bond motifs is 1. The van der Waals surface area contributed by atoms with Gasteiger partial charge in [-0.1, -0.05) is 18.2 Å². The highest BCUT2D eigenvalue weighted by Crippen LogP contribution is 2.20. The molecule has 1 aromatic carbocycles. The zero-order valence-corrected chi connectivity index (χ0v) is 11.8. The fourth-order valence-electron chi connectivity index (χ4n) is 1.93. The lowest BCUT2D eigenvalue weighted by Crippen LogP contribution is -2.34. The molecule has 0 aliphatic rings. The van der Waals surface area contributed by atoms with Crippen LogP contribution in [-0.2, 0) is 13.6 Å². The highest BCUT2D eigenvalue weighted by Gasteiger charge is 2.11. The minimum atomic E-state index is 0. The van der Waals surface area contributed by atoms with Gasteiger partial charge in [-0.2, -0.15) is 0 Å². The molecule has 1 heterocycles. The van der Waals surface area contributed by atoms with Crippen LogP contribution < -0.4 is 5.32 Å². The summed E-state index contributed by atoms with van der Waals surface area (Å²) >= 11 is 0. The van der Waals surface area contributed by atoms with Crippen LogP contribution in [0.25, 0.3) is 10.9 Å². The number of hydrogen-bond donors (Lipinski definition) is 1. The molecular weight excluding hydrogens is 232 g/mol. The third kappa shape index (κ3) is 3.24. The van der Waals surface area contributed by atoms with Crippen molar-refractivity contribution in [2.75, 3.05) is 0 Å². The monoisotopic (exact) mass is 252 g/mol. The molecule has 2 nitrogen and oxygen atoms in total. The van der Waals surface area contributed by atoms with Crippen molar-refractivity contribution in [3.63, 3.8) is 0 Å². The molecule has 0 saturated heterocycles. The summed E-state index contributed by atoms with van der Waals surface area (Å²) in [5.74, 6) is 0. The maximum atomic E-state index is 3.53. The minimum absolute atomic E-state index is 0. The Balaban J connectivity index is 0.00000144. The molecular formula is C14H21ClN2. The Bertz CT molecular complexity index is 494. The Labute approximate surface area is 109 Å². The van der Waals surface area contributed by atoms with E-state index in [1.807, 2.05) is 0 Å². The van der Waals surface area contributed by atoms with Crippen molar-refractivity contribution in [1.82, 2.24) is 9.88 Å². The fraction of sp³-hybridized carbons (Fsp3) is 0.429. The number of para-hydroxylation sites is 1. The molecule has 0 spiro atoms. The van der Waals surface area contributed by atoms with Crippen molar-refractivity contribution in [3.05, 3.63) is 36.0 Å². The van der Waals surface area contributed by atoms with E-state index in [2.05, 4.69) is 68.2 Å². The van der Waals surface area contributed by atoms with Crippen molar-refractivity contribution in [2.24, 2.45) is 7.05 Å². The molecule has 94 valence electrons. The van der Waals surface area contributed by atoms with Gasteiger partial charge >= 0.3 is 0 Å². The molecule has 0 atom stereocenters. The predicted octanol–water partition coefficient (Wildman–Crippen LogP) is 3.49. The molecule has 0 amide bonds. The van der Waals surface area contributed by atoms with E-state index in [0.29, 0.717) is 0 Å². The van der Waals surface area contributed by atoms with Gasteiger partial charge in [0.15, 0.2) is 0 Å². The number of rotatable bonds is 2. The van der Waals surface area contributed by atoms with Crippen LogP contribution in [0.1, 0.15) is 26.3 Å². The molecule has 0 aliphatic heterocycles. The van der Waals surface area contributed by atoms with Crippen LogP contribution in [0, 0.1) is 0 Å². The van der Waals surface area contributed by atoms with E-state index in [-0.39, 0.29) is 17.9 Å². The zero-order chi connectivity index (χ0) is 11.8. The van der Waals surface area contributed by atoms with E-state index >= 15 is 0 Å². The van der Waals surface area contributed by atoms with Crippen molar-refractivity contribution in [1.29, 1.82) is 0 Å². The summed E-state index contributed by atoms with van der Waals surface area (Å²) in [4.78, 5) is 0. The normalized spacial score (nSPS) is 11.5.